The van der Waals surface area contributed by atoms with E-state index >= 15 is 0 Å². The predicted molar refractivity (Wildman–Crippen MR) is 51.9 cm³/mol. The van der Waals surface area contributed by atoms with Crippen LogP contribution in [0.3, 0.4) is 0 Å². The van der Waals surface area contributed by atoms with Gasteiger partial charge in [-0.05, 0) is 12.0 Å². The SMILES string of the molecule is CC(CNc1ccncn1)CC(=O)O. The number of nitrogens with one attached hydrogen (secondary N) is 1. The van der Waals surface area contributed by atoms with Crippen LogP contribution in [0.1, 0.15) is 13.3 Å². The van der Waals surface area contributed by atoms with E-state index in [9.17, 15) is 4.79 Å². The second-order valence-electron chi connectivity index (χ2n) is 3.18. The molecule has 0 aliphatic heterocycles. The Labute approximate surface area is 82.2 Å². The van der Waals surface area contributed by atoms with Crippen LogP contribution in [0, 0.1) is 5.92 Å². The van der Waals surface area contributed by atoms with Gasteiger partial charge in [0.2, 0.25) is 0 Å². The number of aromatic nitrogens is 2. The topological polar surface area (TPSA) is 75.1 Å². The molecular weight excluding hydrogens is 182 g/mol. The molecule has 1 rings (SSSR count). The first kappa shape index (κ1) is 10.4. The van der Waals surface area contributed by atoms with Gasteiger partial charge in [-0.2, -0.15) is 0 Å². The Morgan fingerprint density at radius 3 is 3.07 bits per heavy atom. The van der Waals surface area contributed by atoms with E-state index in [1.165, 1.54) is 6.33 Å². The lowest BCUT2D eigenvalue weighted by Gasteiger charge is -2.09. The number of hydrogen-bond donors (Lipinski definition) is 2. The molecule has 5 heteroatoms. The fraction of sp³-hybridized carbons (Fsp3) is 0.444. The van der Waals surface area contributed by atoms with Crippen LogP contribution in [-0.2, 0) is 4.79 Å². The van der Waals surface area contributed by atoms with E-state index in [0.717, 1.165) is 5.82 Å². The lowest BCUT2D eigenvalue weighted by molar-refractivity contribution is -0.137. The van der Waals surface area contributed by atoms with Gasteiger partial charge < -0.3 is 10.4 Å². The number of nitrogens with zero attached hydrogens (tertiary/aromatic N) is 2. The van der Waals surface area contributed by atoms with Crippen LogP contribution >= 0.6 is 0 Å². The first-order chi connectivity index (χ1) is 6.68. The summed E-state index contributed by atoms with van der Waals surface area (Å²) in [5.74, 6) is 0.0293. The van der Waals surface area contributed by atoms with Crippen molar-refractivity contribution in [3.8, 4) is 0 Å². The molecule has 5 nitrogen and oxygen atoms in total. The minimum absolute atomic E-state index is 0.0856. The number of anilines is 1. The number of aliphatic carboxylic acids is 1. The van der Waals surface area contributed by atoms with E-state index in [4.69, 9.17) is 5.11 Å². The van der Waals surface area contributed by atoms with Crippen LogP contribution in [0.5, 0.6) is 0 Å². The van der Waals surface area contributed by atoms with Gasteiger partial charge >= 0.3 is 5.97 Å². The van der Waals surface area contributed by atoms with Gasteiger partial charge in [-0.3, -0.25) is 4.79 Å². The monoisotopic (exact) mass is 195 g/mol. The van der Waals surface area contributed by atoms with Gasteiger partial charge in [-0.1, -0.05) is 6.92 Å². The number of carboxylic acids is 1. The lowest BCUT2D eigenvalue weighted by atomic mass is 10.1. The van der Waals surface area contributed by atoms with Crippen LogP contribution in [0.4, 0.5) is 5.82 Å². The second kappa shape index (κ2) is 5.16. The van der Waals surface area contributed by atoms with Crippen molar-refractivity contribution in [1.82, 2.24) is 9.97 Å². The molecule has 76 valence electrons. The van der Waals surface area contributed by atoms with Crippen LogP contribution in [0.25, 0.3) is 0 Å². The number of rotatable bonds is 5. The zero-order valence-electron chi connectivity index (χ0n) is 7.97. The van der Waals surface area contributed by atoms with E-state index in [-0.39, 0.29) is 12.3 Å². The molecule has 0 bridgehead atoms. The molecule has 2 N–H and O–H groups in total. The molecule has 0 aliphatic carbocycles. The van der Waals surface area contributed by atoms with E-state index in [1.807, 2.05) is 6.92 Å². The quantitative estimate of drug-likeness (QED) is 0.733. The van der Waals surface area contributed by atoms with Crippen LogP contribution in [0.2, 0.25) is 0 Å². The van der Waals surface area contributed by atoms with Crippen molar-refractivity contribution in [2.45, 2.75) is 13.3 Å². The molecule has 14 heavy (non-hydrogen) atoms. The molecule has 1 atom stereocenters. The van der Waals surface area contributed by atoms with E-state index in [0.29, 0.717) is 6.54 Å². The van der Waals surface area contributed by atoms with Crippen molar-refractivity contribution in [2.75, 3.05) is 11.9 Å². The Kier molecular flexibility index (Phi) is 3.84. The highest BCUT2D eigenvalue weighted by molar-refractivity contribution is 5.67. The summed E-state index contributed by atoms with van der Waals surface area (Å²) >= 11 is 0. The maximum atomic E-state index is 10.4. The largest absolute Gasteiger partial charge is 0.481 e. The van der Waals surface area contributed by atoms with Crippen molar-refractivity contribution in [3.63, 3.8) is 0 Å². The molecule has 0 aliphatic rings. The summed E-state index contributed by atoms with van der Waals surface area (Å²) in [5, 5.41) is 11.6. The van der Waals surface area contributed by atoms with Gasteiger partial charge in [0.15, 0.2) is 0 Å². The molecule has 0 amide bonds. The fourth-order valence-electron chi connectivity index (χ4n) is 1.04. The zero-order valence-corrected chi connectivity index (χ0v) is 7.97. The molecule has 1 aromatic rings. The molecule has 1 unspecified atom stereocenters. The predicted octanol–water partition coefficient (Wildman–Crippen LogP) is 0.999. The molecule has 1 heterocycles. The Morgan fingerprint density at radius 1 is 1.71 bits per heavy atom. The van der Waals surface area contributed by atoms with Gasteiger partial charge in [-0.15, -0.1) is 0 Å². The number of carboxylic acid groups (broad SMARTS) is 1. The summed E-state index contributed by atoms with van der Waals surface area (Å²) in [6.07, 6.45) is 3.25. The molecule has 0 saturated heterocycles. The summed E-state index contributed by atoms with van der Waals surface area (Å²) in [7, 11) is 0. The molecular formula is C9H13N3O2. The third kappa shape index (κ3) is 3.84. The maximum absolute atomic E-state index is 10.4. The molecule has 1 aromatic heterocycles. The summed E-state index contributed by atoms with van der Waals surface area (Å²) in [4.78, 5) is 18.1. The molecule has 0 fully saturated rings. The molecule has 0 saturated carbocycles. The van der Waals surface area contributed by atoms with Gasteiger partial charge in [0.1, 0.15) is 12.1 Å². The lowest BCUT2D eigenvalue weighted by Crippen LogP contribution is -2.15. The van der Waals surface area contributed by atoms with Gasteiger partial charge in [0.25, 0.3) is 0 Å². The smallest absolute Gasteiger partial charge is 0.303 e. The number of carbonyl (C=O) groups is 1. The van der Waals surface area contributed by atoms with E-state index < -0.39 is 5.97 Å². The van der Waals surface area contributed by atoms with Crippen LogP contribution in [0.15, 0.2) is 18.6 Å². The Bertz CT molecular complexity index is 289. The third-order valence-corrected chi connectivity index (χ3v) is 1.74. The second-order valence-corrected chi connectivity index (χ2v) is 3.18. The summed E-state index contributed by atoms with van der Waals surface area (Å²) < 4.78 is 0. The standard InChI is InChI=1S/C9H13N3O2/c1-7(4-9(13)14)5-11-8-2-3-10-6-12-8/h2-3,6-7H,4-5H2,1H3,(H,13,14)(H,10,11,12). The first-order valence-electron chi connectivity index (χ1n) is 4.40. The van der Waals surface area contributed by atoms with Crippen LogP contribution < -0.4 is 5.32 Å². The Balaban J connectivity index is 2.30. The highest BCUT2D eigenvalue weighted by Crippen LogP contribution is 2.04. The molecule has 0 radical (unpaired) electrons. The molecule has 0 spiro atoms. The highest BCUT2D eigenvalue weighted by Gasteiger charge is 2.06. The first-order valence-corrected chi connectivity index (χ1v) is 4.40. The van der Waals surface area contributed by atoms with Crippen molar-refractivity contribution in [3.05, 3.63) is 18.6 Å². The summed E-state index contributed by atoms with van der Waals surface area (Å²) in [6, 6.07) is 1.74. The molecule has 0 aromatic carbocycles. The highest BCUT2D eigenvalue weighted by atomic mass is 16.4. The van der Waals surface area contributed by atoms with E-state index in [1.54, 1.807) is 12.3 Å². The van der Waals surface area contributed by atoms with Crippen molar-refractivity contribution < 1.29 is 9.90 Å². The van der Waals surface area contributed by atoms with Gasteiger partial charge in [-0.25, -0.2) is 9.97 Å². The van der Waals surface area contributed by atoms with Crippen molar-refractivity contribution in [1.29, 1.82) is 0 Å². The normalized spacial score (nSPS) is 12.1. The van der Waals surface area contributed by atoms with Crippen LogP contribution in [-0.4, -0.2) is 27.6 Å². The van der Waals surface area contributed by atoms with Gasteiger partial charge in [0.05, 0.1) is 0 Å². The Hall–Kier alpha value is -1.65. The van der Waals surface area contributed by atoms with E-state index in [2.05, 4.69) is 15.3 Å². The third-order valence-electron chi connectivity index (χ3n) is 1.74. The minimum atomic E-state index is -0.776. The summed E-state index contributed by atoms with van der Waals surface area (Å²) in [6.45, 7) is 2.48. The minimum Gasteiger partial charge on any atom is -0.481 e. The summed E-state index contributed by atoms with van der Waals surface area (Å²) in [5.41, 5.74) is 0. The fourth-order valence-corrected chi connectivity index (χ4v) is 1.04. The zero-order chi connectivity index (χ0) is 10.4. The Morgan fingerprint density at radius 2 is 2.50 bits per heavy atom. The maximum Gasteiger partial charge on any atom is 0.303 e. The number of hydrogen-bond acceptors (Lipinski definition) is 4. The average Bonchev–Trinajstić information content (AvgIpc) is 2.15. The van der Waals surface area contributed by atoms with Crippen molar-refractivity contribution >= 4 is 11.8 Å². The average molecular weight is 195 g/mol. The van der Waals surface area contributed by atoms with Gasteiger partial charge in [0, 0.05) is 19.2 Å². The van der Waals surface area contributed by atoms with Crippen molar-refractivity contribution in [2.24, 2.45) is 5.92 Å².